The summed E-state index contributed by atoms with van der Waals surface area (Å²) in [5.74, 6) is -0.355. The minimum Gasteiger partial charge on any atom is -0.345 e. The van der Waals surface area contributed by atoms with Crippen LogP contribution >= 0.6 is 35.1 Å². The van der Waals surface area contributed by atoms with Crippen molar-refractivity contribution in [3.63, 3.8) is 0 Å². The van der Waals surface area contributed by atoms with Gasteiger partial charge >= 0.3 is 7.60 Å². The van der Waals surface area contributed by atoms with Crippen LogP contribution < -0.4 is 4.90 Å². The summed E-state index contributed by atoms with van der Waals surface area (Å²) in [5.41, 5.74) is 1.97. The van der Waals surface area contributed by atoms with E-state index >= 15 is 0 Å². The second-order valence-electron chi connectivity index (χ2n) is 5.67. The van der Waals surface area contributed by atoms with Crippen molar-refractivity contribution in [1.29, 1.82) is 0 Å². The van der Waals surface area contributed by atoms with Crippen LogP contribution in [0.3, 0.4) is 0 Å². The van der Waals surface area contributed by atoms with Crippen molar-refractivity contribution >= 4 is 40.8 Å². The predicted molar refractivity (Wildman–Crippen MR) is 105 cm³/mol. The van der Waals surface area contributed by atoms with Crippen molar-refractivity contribution in [3.05, 3.63) is 63.6 Å². The first kappa shape index (κ1) is 18.9. The Hall–Kier alpha value is -0.840. The number of hydrogen-bond acceptors (Lipinski definition) is 4. The lowest BCUT2D eigenvalue weighted by atomic mass is 10.1. The van der Waals surface area contributed by atoms with E-state index in [1.165, 1.54) is 0 Å². The van der Waals surface area contributed by atoms with Crippen LogP contribution in [-0.4, -0.2) is 19.0 Å². The molecule has 1 saturated heterocycles. The minimum absolute atomic E-state index is 0.0937. The lowest BCUT2D eigenvalue weighted by Crippen LogP contribution is -2.06. The third kappa shape index (κ3) is 3.96. The van der Waals surface area contributed by atoms with Crippen LogP contribution in [-0.2, 0) is 13.6 Å². The first-order valence-electron chi connectivity index (χ1n) is 8.18. The Morgan fingerprint density at radius 2 is 1.76 bits per heavy atom. The van der Waals surface area contributed by atoms with E-state index in [0.717, 1.165) is 15.7 Å². The molecule has 1 aliphatic rings. The lowest BCUT2D eigenvalue weighted by Gasteiger charge is -2.17. The molecular formula is C18H20BrClNO3P. The molecule has 0 aromatic heterocycles. The fourth-order valence-corrected chi connectivity index (χ4v) is 5.77. The highest BCUT2D eigenvalue weighted by molar-refractivity contribution is 9.10. The topological polar surface area (TPSA) is 38.5 Å². The molecule has 0 bridgehead atoms. The van der Waals surface area contributed by atoms with E-state index in [1.54, 1.807) is 0 Å². The first-order chi connectivity index (χ1) is 12.0. The molecule has 25 heavy (non-hydrogen) atoms. The molecule has 2 atom stereocenters. The van der Waals surface area contributed by atoms with Crippen LogP contribution in [0.15, 0.2) is 53.0 Å². The van der Waals surface area contributed by atoms with Crippen LogP contribution in [0.1, 0.15) is 25.5 Å². The van der Waals surface area contributed by atoms with Gasteiger partial charge in [-0.05, 0) is 55.8 Å². The molecule has 0 radical (unpaired) electrons. The molecule has 7 heteroatoms. The van der Waals surface area contributed by atoms with Gasteiger partial charge in [0.1, 0.15) is 0 Å². The Morgan fingerprint density at radius 1 is 1.12 bits per heavy atom. The van der Waals surface area contributed by atoms with Gasteiger partial charge in [-0.3, -0.25) is 4.57 Å². The average Bonchev–Trinajstić information content (AvgIpc) is 3.32. The SMILES string of the molecule is CCOP(=O)(OCC)C1C(c2cccc(Cl)c2)N1c1ccc(Br)cc1. The fraction of sp³-hybridized carbons (Fsp3) is 0.333. The molecule has 0 spiro atoms. The zero-order valence-corrected chi connectivity index (χ0v) is 17.3. The average molecular weight is 445 g/mol. The van der Waals surface area contributed by atoms with Gasteiger partial charge in [-0.1, -0.05) is 39.7 Å². The second-order valence-corrected chi connectivity index (χ2v) is 9.15. The fourth-order valence-electron chi connectivity index (χ4n) is 3.04. The number of anilines is 1. The first-order valence-corrected chi connectivity index (χ1v) is 11.0. The van der Waals surface area contributed by atoms with Crippen LogP contribution in [0.4, 0.5) is 5.69 Å². The maximum atomic E-state index is 13.4. The van der Waals surface area contributed by atoms with E-state index in [0.29, 0.717) is 18.2 Å². The monoisotopic (exact) mass is 443 g/mol. The highest BCUT2D eigenvalue weighted by Crippen LogP contribution is 2.69. The van der Waals surface area contributed by atoms with Gasteiger partial charge in [-0.25, -0.2) is 0 Å². The molecule has 2 aromatic rings. The maximum Gasteiger partial charge on any atom is 0.355 e. The Labute approximate surface area is 161 Å². The van der Waals surface area contributed by atoms with Crippen LogP contribution in [0.2, 0.25) is 5.02 Å². The molecule has 2 aromatic carbocycles. The van der Waals surface area contributed by atoms with Gasteiger partial charge in [0.05, 0.1) is 19.3 Å². The van der Waals surface area contributed by atoms with Crippen molar-refractivity contribution < 1.29 is 13.6 Å². The molecule has 0 aliphatic carbocycles. The van der Waals surface area contributed by atoms with E-state index in [1.807, 2.05) is 62.4 Å². The molecule has 134 valence electrons. The summed E-state index contributed by atoms with van der Waals surface area (Å²) in [6.07, 6.45) is 0. The standard InChI is InChI=1S/C18H20BrClNO3P/c1-3-23-25(22,24-4-2)18-17(13-6-5-7-15(20)12-13)21(18)16-10-8-14(19)9-11-16/h5-12,17-18H,3-4H2,1-2H3. The second kappa shape index (κ2) is 7.81. The highest BCUT2D eigenvalue weighted by Gasteiger charge is 2.61. The summed E-state index contributed by atoms with van der Waals surface area (Å²) < 4.78 is 25.6. The van der Waals surface area contributed by atoms with Gasteiger partial charge in [0, 0.05) is 15.2 Å². The van der Waals surface area contributed by atoms with Crippen LogP contribution in [0.5, 0.6) is 0 Å². The third-order valence-electron chi connectivity index (χ3n) is 4.03. The number of benzene rings is 2. The van der Waals surface area contributed by atoms with Crippen molar-refractivity contribution in [2.75, 3.05) is 18.1 Å². The summed E-state index contributed by atoms with van der Waals surface area (Å²) in [4.78, 5) is 2.07. The van der Waals surface area contributed by atoms with Gasteiger partial charge in [-0.2, -0.15) is 0 Å². The smallest absolute Gasteiger partial charge is 0.345 e. The van der Waals surface area contributed by atoms with Crippen molar-refractivity contribution in [1.82, 2.24) is 0 Å². The minimum atomic E-state index is -3.28. The molecule has 0 amide bonds. The number of hydrogen-bond donors (Lipinski definition) is 0. The Morgan fingerprint density at radius 3 is 2.32 bits per heavy atom. The van der Waals surface area contributed by atoms with Crippen molar-refractivity contribution in [2.24, 2.45) is 0 Å². The molecule has 3 rings (SSSR count). The van der Waals surface area contributed by atoms with Gasteiger partial charge < -0.3 is 13.9 Å². The third-order valence-corrected chi connectivity index (χ3v) is 7.21. The molecule has 0 N–H and O–H groups in total. The Bertz CT molecular complexity index is 776. The highest BCUT2D eigenvalue weighted by atomic mass is 79.9. The van der Waals surface area contributed by atoms with Crippen molar-refractivity contribution in [2.45, 2.75) is 25.7 Å². The van der Waals surface area contributed by atoms with Crippen molar-refractivity contribution in [3.8, 4) is 0 Å². The Kier molecular flexibility index (Phi) is 5.92. The maximum absolute atomic E-state index is 13.4. The normalized spacial score (nSPS) is 19.9. The van der Waals surface area contributed by atoms with Crippen LogP contribution in [0, 0.1) is 0 Å². The van der Waals surface area contributed by atoms with E-state index in [9.17, 15) is 4.57 Å². The number of halogens is 2. The summed E-state index contributed by atoms with van der Waals surface area (Å²) in [6, 6.07) is 15.4. The molecule has 0 saturated carbocycles. The van der Waals surface area contributed by atoms with E-state index in [-0.39, 0.29) is 11.8 Å². The number of nitrogens with zero attached hydrogens (tertiary/aromatic N) is 1. The predicted octanol–water partition coefficient (Wildman–Crippen LogP) is 6.26. The summed E-state index contributed by atoms with van der Waals surface area (Å²) in [5, 5.41) is 0.654. The van der Waals surface area contributed by atoms with Gasteiger partial charge in [0.15, 0.2) is 5.78 Å². The van der Waals surface area contributed by atoms with E-state index in [2.05, 4.69) is 20.8 Å². The van der Waals surface area contributed by atoms with Gasteiger partial charge in [0.25, 0.3) is 0 Å². The molecule has 4 nitrogen and oxygen atoms in total. The summed E-state index contributed by atoms with van der Waals surface area (Å²) in [6.45, 7) is 4.33. The van der Waals surface area contributed by atoms with Crippen LogP contribution in [0.25, 0.3) is 0 Å². The Balaban J connectivity index is 2.00. The van der Waals surface area contributed by atoms with Gasteiger partial charge in [-0.15, -0.1) is 0 Å². The lowest BCUT2D eigenvalue weighted by molar-refractivity contribution is 0.218. The molecule has 1 aliphatic heterocycles. The quantitative estimate of drug-likeness (QED) is 0.373. The molecule has 1 heterocycles. The molecular weight excluding hydrogens is 425 g/mol. The van der Waals surface area contributed by atoms with E-state index < -0.39 is 7.60 Å². The zero-order valence-electron chi connectivity index (χ0n) is 14.1. The van der Waals surface area contributed by atoms with E-state index in [4.69, 9.17) is 20.6 Å². The van der Waals surface area contributed by atoms with Gasteiger partial charge in [0.2, 0.25) is 0 Å². The zero-order chi connectivity index (χ0) is 18.0. The largest absolute Gasteiger partial charge is 0.355 e. The summed E-state index contributed by atoms with van der Waals surface area (Å²) in [7, 11) is -3.28. The molecule has 1 fully saturated rings. The summed E-state index contributed by atoms with van der Waals surface area (Å²) >= 11 is 9.61. The molecule has 2 unspecified atom stereocenters. The number of rotatable bonds is 7.